The number of carbonyl (C=O) groups is 1. The number of hydrogen-bond acceptors (Lipinski definition) is 5. The summed E-state index contributed by atoms with van der Waals surface area (Å²) in [7, 11) is -7.57. The van der Waals surface area contributed by atoms with Crippen molar-refractivity contribution in [1.82, 2.24) is 0 Å². The van der Waals surface area contributed by atoms with Gasteiger partial charge in [0.1, 0.15) is 6.54 Å². The molecule has 10 heteroatoms. The first-order valence-corrected chi connectivity index (χ1v) is 15.0. The van der Waals surface area contributed by atoms with Crippen molar-refractivity contribution >= 4 is 43.0 Å². The molecule has 8 nitrogen and oxygen atoms in total. The summed E-state index contributed by atoms with van der Waals surface area (Å²) >= 11 is 0. The van der Waals surface area contributed by atoms with E-state index in [0.29, 0.717) is 17.1 Å². The molecular weight excluding hydrogens is 510 g/mol. The predicted octanol–water partition coefficient (Wildman–Crippen LogP) is 4.81. The fourth-order valence-corrected chi connectivity index (χ4v) is 5.60. The van der Waals surface area contributed by atoms with Gasteiger partial charge in [0.15, 0.2) is 0 Å². The molecule has 0 aliphatic carbocycles. The number of rotatable bonds is 8. The molecule has 0 fully saturated rings. The Labute approximate surface area is 219 Å². The lowest BCUT2D eigenvalue weighted by molar-refractivity contribution is -0.114. The number of nitrogens with zero attached hydrogens (tertiary/aromatic N) is 1. The molecule has 0 saturated carbocycles. The maximum atomic E-state index is 12.8. The molecule has 3 aromatic rings. The van der Waals surface area contributed by atoms with E-state index in [-0.39, 0.29) is 10.3 Å². The third-order valence-electron chi connectivity index (χ3n) is 5.79. The molecule has 37 heavy (non-hydrogen) atoms. The minimum Gasteiger partial charge on any atom is -0.325 e. The smallest absolute Gasteiger partial charge is 0.261 e. The highest BCUT2D eigenvalue weighted by atomic mass is 32.2. The van der Waals surface area contributed by atoms with Gasteiger partial charge in [0.05, 0.1) is 22.5 Å². The first-order chi connectivity index (χ1) is 17.1. The Morgan fingerprint density at radius 2 is 1.46 bits per heavy atom. The molecule has 3 aromatic carbocycles. The summed E-state index contributed by atoms with van der Waals surface area (Å²) < 4.78 is 54.1. The number of nitrogens with one attached hydrogen (secondary N) is 2. The second-order valence-electron chi connectivity index (χ2n) is 10.1. The lowest BCUT2D eigenvalue weighted by Crippen LogP contribution is -2.37. The predicted molar refractivity (Wildman–Crippen MR) is 149 cm³/mol. The van der Waals surface area contributed by atoms with Crippen molar-refractivity contribution in [3.05, 3.63) is 83.4 Å². The fourth-order valence-electron chi connectivity index (χ4n) is 3.63. The van der Waals surface area contributed by atoms with Crippen molar-refractivity contribution in [3.8, 4) is 0 Å². The third kappa shape index (κ3) is 7.33. The molecule has 0 saturated heterocycles. The van der Waals surface area contributed by atoms with Gasteiger partial charge in [-0.15, -0.1) is 0 Å². The van der Waals surface area contributed by atoms with Crippen LogP contribution in [0.25, 0.3) is 0 Å². The number of carbonyl (C=O) groups excluding carboxylic acids is 1. The van der Waals surface area contributed by atoms with Crippen LogP contribution in [0.3, 0.4) is 0 Å². The van der Waals surface area contributed by atoms with Crippen LogP contribution in [0.5, 0.6) is 0 Å². The van der Waals surface area contributed by atoms with E-state index in [9.17, 15) is 21.6 Å². The quantitative estimate of drug-likeness (QED) is 0.424. The average Bonchev–Trinajstić information content (AvgIpc) is 2.79. The Balaban J connectivity index is 1.73. The highest BCUT2D eigenvalue weighted by Crippen LogP contribution is 2.26. The van der Waals surface area contributed by atoms with Crippen LogP contribution in [0.15, 0.2) is 71.6 Å². The zero-order valence-corrected chi connectivity index (χ0v) is 23.5. The summed E-state index contributed by atoms with van der Waals surface area (Å²) in [6.07, 6.45) is 1.04. The van der Waals surface area contributed by atoms with E-state index < -0.39 is 32.5 Å². The van der Waals surface area contributed by atoms with Gasteiger partial charge in [-0.05, 0) is 78.4 Å². The van der Waals surface area contributed by atoms with Gasteiger partial charge in [0.2, 0.25) is 15.9 Å². The summed E-state index contributed by atoms with van der Waals surface area (Å²) in [6, 6.07) is 18.2. The molecule has 0 heterocycles. The molecule has 3 rings (SSSR count). The van der Waals surface area contributed by atoms with Crippen LogP contribution in [0.2, 0.25) is 0 Å². The Hall–Kier alpha value is -3.37. The van der Waals surface area contributed by atoms with Crippen molar-refractivity contribution in [2.45, 2.75) is 44.9 Å². The lowest BCUT2D eigenvalue weighted by atomic mass is 9.87. The monoisotopic (exact) mass is 543 g/mol. The van der Waals surface area contributed by atoms with Crippen molar-refractivity contribution < 1.29 is 21.6 Å². The van der Waals surface area contributed by atoms with Crippen molar-refractivity contribution in [1.29, 1.82) is 0 Å². The van der Waals surface area contributed by atoms with Gasteiger partial charge in [-0.25, -0.2) is 16.8 Å². The molecule has 198 valence electrons. The molecule has 0 spiro atoms. The van der Waals surface area contributed by atoms with Gasteiger partial charge >= 0.3 is 0 Å². The van der Waals surface area contributed by atoms with Crippen LogP contribution in [-0.2, 0) is 30.3 Å². The minimum atomic E-state index is -3.84. The maximum absolute atomic E-state index is 12.8. The number of amides is 1. The van der Waals surface area contributed by atoms with E-state index in [2.05, 4.69) is 30.8 Å². The summed E-state index contributed by atoms with van der Waals surface area (Å²) in [6.45, 7) is 9.43. The molecule has 0 aromatic heterocycles. The summed E-state index contributed by atoms with van der Waals surface area (Å²) in [5.74, 6) is -0.561. The van der Waals surface area contributed by atoms with Gasteiger partial charge < -0.3 is 5.32 Å². The van der Waals surface area contributed by atoms with Gasteiger partial charge in [0, 0.05) is 5.69 Å². The lowest BCUT2D eigenvalue weighted by Gasteiger charge is -2.24. The van der Waals surface area contributed by atoms with E-state index >= 15 is 0 Å². The van der Waals surface area contributed by atoms with E-state index in [4.69, 9.17) is 0 Å². The van der Waals surface area contributed by atoms with Crippen LogP contribution in [-0.4, -0.2) is 35.5 Å². The zero-order chi connectivity index (χ0) is 27.6. The van der Waals surface area contributed by atoms with E-state index in [1.54, 1.807) is 18.2 Å². The van der Waals surface area contributed by atoms with E-state index in [1.165, 1.54) is 24.3 Å². The fraction of sp³-hybridized carbons (Fsp3) is 0.296. The number of sulfonamides is 2. The average molecular weight is 544 g/mol. The zero-order valence-electron chi connectivity index (χ0n) is 21.9. The number of aryl methyl sites for hydroxylation is 2. The largest absolute Gasteiger partial charge is 0.325 e. The molecule has 0 aliphatic heterocycles. The summed E-state index contributed by atoms with van der Waals surface area (Å²) in [4.78, 5) is 12.7. The van der Waals surface area contributed by atoms with Crippen LogP contribution >= 0.6 is 0 Å². The highest BCUT2D eigenvalue weighted by molar-refractivity contribution is 7.92. The topological polar surface area (TPSA) is 113 Å². The Kier molecular flexibility index (Phi) is 8.04. The third-order valence-corrected chi connectivity index (χ3v) is 8.32. The highest BCUT2D eigenvalue weighted by Gasteiger charge is 2.22. The maximum Gasteiger partial charge on any atom is 0.261 e. The normalized spacial score (nSPS) is 12.2. The first kappa shape index (κ1) is 28.2. The van der Waals surface area contributed by atoms with E-state index in [0.717, 1.165) is 27.3 Å². The molecule has 0 radical (unpaired) electrons. The second-order valence-corrected chi connectivity index (χ2v) is 13.7. The number of anilines is 3. The molecule has 0 aliphatic rings. The standard InChI is InChI=1S/C27H33N3O5S2/c1-19-7-8-20(2)25(17-19)29-37(34,35)24-15-11-22(12-16-24)28-26(31)18-30(36(6,32)33)23-13-9-21(10-14-23)27(3,4)5/h7-17,29H,18H2,1-6H3,(H,28,31). The molecule has 1 amide bonds. The number of benzene rings is 3. The summed E-state index contributed by atoms with van der Waals surface area (Å²) in [5.41, 5.74) is 3.87. The van der Waals surface area contributed by atoms with Gasteiger partial charge in [0.25, 0.3) is 10.0 Å². The van der Waals surface area contributed by atoms with Gasteiger partial charge in [-0.2, -0.15) is 0 Å². The van der Waals surface area contributed by atoms with Crippen molar-refractivity contribution in [3.63, 3.8) is 0 Å². The van der Waals surface area contributed by atoms with Gasteiger partial charge in [-0.3, -0.25) is 13.8 Å². The second kappa shape index (κ2) is 10.5. The Morgan fingerprint density at radius 1 is 0.865 bits per heavy atom. The molecule has 2 N–H and O–H groups in total. The van der Waals surface area contributed by atoms with Crippen LogP contribution in [0.1, 0.15) is 37.5 Å². The first-order valence-electron chi connectivity index (χ1n) is 11.6. The van der Waals surface area contributed by atoms with Crippen LogP contribution in [0.4, 0.5) is 17.1 Å². The van der Waals surface area contributed by atoms with E-state index in [1.807, 2.05) is 38.1 Å². The molecular formula is C27H33N3O5S2. The van der Waals surface area contributed by atoms with Crippen LogP contribution < -0.4 is 14.3 Å². The molecule has 0 bridgehead atoms. The van der Waals surface area contributed by atoms with Crippen molar-refractivity contribution in [2.24, 2.45) is 0 Å². The SMILES string of the molecule is Cc1ccc(C)c(NS(=O)(=O)c2ccc(NC(=O)CN(c3ccc(C(C)(C)C)cc3)S(C)(=O)=O)cc2)c1. The minimum absolute atomic E-state index is 0.0307. The van der Waals surface area contributed by atoms with Crippen molar-refractivity contribution in [2.75, 3.05) is 27.1 Å². The Morgan fingerprint density at radius 3 is 2.00 bits per heavy atom. The Bertz CT molecular complexity index is 1490. The summed E-state index contributed by atoms with van der Waals surface area (Å²) in [5, 5.41) is 2.63. The van der Waals surface area contributed by atoms with Crippen LogP contribution in [0, 0.1) is 13.8 Å². The van der Waals surface area contributed by atoms with Gasteiger partial charge in [-0.1, -0.05) is 45.0 Å². The molecule has 0 atom stereocenters. The number of hydrogen-bond donors (Lipinski definition) is 2. The molecule has 0 unspecified atom stereocenters.